The molecule has 0 fully saturated rings. The molecule has 14 heteroatoms. The van der Waals surface area contributed by atoms with Gasteiger partial charge in [-0.2, -0.15) is 26.3 Å². The van der Waals surface area contributed by atoms with Gasteiger partial charge in [0.15, 0.2) is 0 Å². The van der Waals surface area contributed by atoms with E-state index < -0.39 is 47.5 Å². The molecular formula is C15H10F7N5O2. The molecule has 0 spiro atoms. The van der Waals surface area contributed by atoms with Crippen molar-refractivity contribution in [2.75, 3.05) is 17.0 Å². The van der Waals surface area contributed by atoms with Gasteiger partial charge in [-0.1, -0.05) is 6.08 Å². The van der Waals surface area contributed by atoms with Gasteiger partial charge in [-0.25, -0.2) is 13.8 Å². The zero-order valence-electron chi connectivity index (χ0n) is 14.0. The third-order valence-electron chi connectivity index (χ3n) is 3.83. The molecule has 1 aromatic heterocycles. The first-order chi connectivity index (χ1) is 13.3. The van der Waals surface area contributed by atoms with Gasteiger partial charge < -0.3 is 4.98 Å². The minimum absolute atomic E-state index is 0.0375. The number of nitrogens with zero attached hydrogens (tertiary/aromatic N) is 3. The van der Waals surface area contributed by atoms with Crippen molar-refractivity contribution in [3.8, 4) is 5.69 Å². The van der Waals surface area contributed by atoms with Crippen LogP contribution in [0.5, 0.6) is 0 Å². The Hall–Kier alpha value is -3.29. The van der Waals surface area contributed by atoms with Crippen molar-refractivity contribution in [1.82, 2.24) is 14.7 Å². The van der Waals surface area contributed by atoms with Crippen molar-refractivity contribution in [3.05, 3.63) is 63.2 Å². The minimum atomic E-state index is -5.04. The molecule has 1 aliphatic heterocycles. The number of hydrogen-bond donors (Lipinski definition) is 2. The first-order valence-corrected chi connectivity index (χ1v) is 7.64. The Morgan fingerprint density at radius 2 is 1.69 bits per heavy atom. The average molecular weight is 425 g/mol. The van der Waals surface area contributed by atoms with Crippen LogP contribution in [0, 0.1) is 5.82 Å². The van der Waals surface area contributed by atoms with Gasteiger partial charge in [0, 0.05) is 12.1 Å². The highest BCUT2D eigenvalue weighted by Crippen LogP contribution is 2.40. The van der Waals surface area contributed by atoms with Crippen LogP contribution in [0.25, 0.3) is 5.69 Å². The van der Waals surface area contributed by atoms with E-state index in [0.717, 1.165) is 12.1 Å². The highest BCUT2D eigenvalue weighted by molar-refractivity contribution is 5.76. The van der Waals surface area contributed by atoms with Crippen LogP contribution < -0.4 is 21.7 Å². The predicted molar refractivity (Wildman–Crippen MR) is 86.7 cm³/mol. The molecular weight excluding hydrogens is 415 g/mol. The van der Waals surface area contributed by atoms with Crippen molar-refractivity contribution in [2.24, 2.45) is 0 Å². The Bertz CT molecular complexity index is 1060. The number of anilines is 2. The van der Waals surface area contributed by atoms with Crippen LogP contribution in [0.4, 0.5) is 42.1 Å². The Labute approximate surface area is 156 Å². The predicted octanol–water partition coefficient (Wildman–Crippen LogP) is 2.75. The fraction of sp³-hybridized carbons (Fsp3) is 0.200. The summed E-state index contributed by atoms with van der Waals surface area (Å²) in [5.74, 6) is -1.31. The molecule has 1 aliphatic rings. The molecule has 0 radical (unpaired) electrons. The molecule has 3 rings (SSSR count). The number of hydrazine groups is 2. The van der Waals surface area contributed by atoms with Gasteiger partial charge in [0.2, 0.25) is 0 Å². The van der Waals surface area contributed by atoms with Gasteiger partial charge in [-0.15, -0.1) is 6.58 Å². The molecule has 0 bridgehead atoms. The summed E-state index contributed by atoms with van der Waals surface area (Å²) in [6.07, 6.45) is -8.86. The zero-order valence-corrected chi connectivity index (χ0v) is 14.0. The molecule has 2 N–H and O–H groups in total. The van der Waals surface area contributed by atoms with Crippen LogP contribution in [-0.2, 0) is 6.18 Å². The van der Waals surface area contributed by atoms with Crippen LogP contribution in [-0.4, -0.2) is 27.5 Å². The maximum absolute atomic E-state index is 14.4. The highest BCUT2D eigenvalue weighted by atomic mass is 19.4. The lowest BCUT2D eigenvalue weighted by Crippen LogP contribution is -2.50. The van der Waals surface area contributed by atoms with E-state index in [1.165, 1.54) is 4.98 Å². The monoisotopic (exact) mass is 425 g/mol. The van der Waals surface area contributed by atoms with Crippen LogP contribution in [0.3, 0.4) is 0 Å². The average Bonchev–Trinajstić information content (AvgIpc) is 2.92. The van der Waals surface area contributed by atoms with Gasteiger partial charge in [0.25, 0.3) is 5.56 Å². The molecule has 0 saturated carbocycles. The van der Waals surface area contributed by atoms with Crippen LogP contribution in [0.15, 0.2) is 40.4 Å². The number of halogens is 7. The fourth-order valence-electron chi connectivity index (χ4n) is 2.69. The number of nitrogens with one attached hydrogen (secondary N) is 2. The summed E-state index contributed by atoms with van der Waals surface area (Å²) in [6.45, 7) is 2.92. The molecule has 0 unspecified atom stereocenters. The molecule has 0 saturated heterocycles. The van der Waals surface area contributed by atoms with E-state index in [4.69, 9.17) is 0 Å². The van der Waals surface area contributed by atoms with Crippen LogP contribution in [0.1, 0.15) is 5.69 Å². The fourth-order valence-corrected chi connectivity index (χ4v) is 2.69. The largest absolute Gasteiger partial charge is 0.496 e. The zero-order chi connectivity index (χ0) is 21.7. The number of aromatic nitrogens is 2. The molecule has 156 valence electrons. The lowest BCUT2D eigenvalue weighted by atomic mass is 10.2. The van der Waals surface area contributed by atoms with Gasteiger partial charge in [-0.05, 0) is 11.2 Å². The quantitative estimate of drug-likeness (QED) is 0.450. The lowest BCUT2D eigenvalue weighted by molar-refractivity contribution is -0.237. The number of alkyl halides is 6. The summed E-state index contributed by atoms with van der Waals surface area (Å²) in [4.78, 5) is 25.4. The van der Waals surface area contributed by atoms with Crippen LogP contribution >= 0.6 is 0 Å². The molecule has 2 aromatic rings. The van der Waals surface area contributed by atoms with Crippen molar-refractivity contribution < 1.29 is 30.7 Å². The molecule has 0 aliphatic carbocycles. The van der Waals surface area contributed by atoms with Crippen molar-refractivity contribution >= 4 is 11.4 Å². The summed E-state index contributed by atoms with van der Waals surface area (Å²) in [6, 6.07) is 1.35. The van der Waals surface area contributed by atoms with E-state index in [0.29, 0.717) is 11.1 Å². The Balaban J connectivity index is 2.19. The number of aromatic amines is 1. The third kappa shape index (κ3) is 3.57. The Morgan fingerprint density at radius 1 is 1.03 bits per heavy atom. The van der Waals surface area contributed by atoms with Gasteiger partial charge >= 0.3 is 18.2 Å². The van der Waals surface area contributed by atoms with E-state index in [9.17, 15) is 40.3 Å². The number of rotatable bonds is 3. The minimum Gasteiger partial charge on any atom is -0.303 e. The second-order valence-electron chi connectivity index (χ2n) is 5.74. The standard InChI is InChI=1S/C15H10F7N5O2/c1-2-3-25-10-5-9(7(16)4-8(10)24-27(25)15(20,21)22)26-12(28)6-11(14(17,18)19)23-13(26)29/h2,4-6,24H,1,3H2,(H,23,29). The van der Waals surface area contributed by atoms with Gasteiger partial charge in [-0.3, -0.25) is 15.2 Å². The second kappa shape index (κ2) is 6.65. The Morgan fingerprint density at radius 3 is 2.21 bits per heavy atom. The van der Waals surface area contributed by atoms with Crippen molar-refractivity contribution in [3.63, 3.8) is 0 Å². The summed E-state index contributed by atoms with van der Waals surface area (Å²) < 4.78 is 92.2. The third-order valence-corrected chi connectivity index (χ3v) is 3.83. The van der Waals surface area contributed by atoms with E-state index >= 15 is 0 Å². The molecule has 2 heterocycles. The molecule has 7 nitrogen and oxygen atoms in total. The van der Waals surface area contributed by atoms with E-state index in [2.05, 4.69) is 6.58 Å². The van der Waals surface area contributed by atoms with Crippen LogP contribution in [0.2, 0.25) is 0 Å². The maximum Gasteiger partial charge on any atom is 0.496 e. The number of H-pyrrole nitrogens is 1. The highest BCUT2D eigenvalue weighted by Gasteiger charge is 2.46. The maximum atomic E-state index is 14.4. The Kier molecular flexibility index (Phi) is 4.69. The van der Waals surface area contributed by atoms with Crippen molar-refractivity contribution in [1.29, 1.82) is 0 Å². The summed E-state index contributed by atoms with van der Waals surface area (Å²) in [5, 5.41) is 0.316. The summed E-state index contributed by atoms with van der Waals surface area (Å²) in [7, 11) is 0. The second-order valence-corrected chi connectivity index (χ2v) is 5.74. The van der Waals surface area contributed by atoms with E-state index in [1.54, 1.807) is 0 Å². The van der Waals surface area contributed by atoms with E-state index in [-0.39, 0.29) is 27.1 Å². The normalized spacial score (nSPS) is 14.7. The SMILES string of the molecule is C=CCN1c2cc(-n3c(=O)cc(C(F)(F)F)[nH]c3=O)c(F)cc2NN1C(F)(F)F. The number of hydrogen-bond acceptors (Lipinski definition) is 5. The molecule has 29 heavy (non-hydrogen) atoms. The smallest absolute Gasteiger partial charge is 0.303 e. The first kappa shape index (κ1) is 20.4. The van der Waals surface area contributed by atoms with E-state index in [1.807, 2.05) is 5.43 Å². The number of benzene rings is 1. The van der Waals surface area contributed by atoms with Crippen molar-refractivity contribution in [2.45, 2.75) is 12.5 Å². The number of fused-ring (bicyclic) bond motifs is 1. The lowest BCUT2D eigenvalue weighted by Gasteiger charge is -2.29. The molecule has 1 aromatic carbocycles. The van der Waals surface area contributed by atoms with Gasteiger partial charge in [0.05, 0.1) is 23.6 Å². The topological polar surface area (TPSA) is 73.4 Å². The van der Waals surface area contributed by atoms with Gasteiger partial charge in [0.1, 0.15) is 11.5 Å². The summed E-state index contributed by atoms with van der Waals surface area (Å²) >= 11 is 0. The molecule has 0 amide bonds. The molecule has 0 atom stereocenters. The summed E-state index contributed by atoms with van der Waals surface area (Å²) in [5.41, 5.74) is -4.33. The first-order valence-electron chi connectivity index (χ1n) is 7.64.